The van der Waals surface area contributed by atoms with Gasteiger partial charge in [-0.15, -0.1) is 0 Å². The fraction of sp³-hybridized carbons (Fsp3) is 0.700. The van der Waals surface area contributed by atoms with Gasteiger partial charge >= 0.3 is 5.97 Å². The van der Waals surface area contributed by atoms with Crippen LogP contribution in [0.5, 0.6) is 0 Å². The Morgan fingerprint density at radius 2 is 2.36 bits per heavy atom. The summed E-state index contributed by atoms with van der Waals surface area (Å²) < 4.78 is 4.68. The summed E-state index contributed by atoms with van der Waals surface area (Å²) in [6, 6.07) is 0. The van der Waals surface area contributed by atoms with Crippen LogP contribution in [0.4, 0.5) is 0 Å². The highest BCUT2D eigenvalue weighted by molar-refractivity contribution is 5.81. The highest BCUT2D eigenvalue weighted by Crippen LogP contribution is 2.13. The molecule has 2 atom stereocenters. The molecular formula is C10H19NO3. The Balaban J connectivity index is 3.81. The first kappa shape index (κ1) is 13.1. The highest BCUT2D eigenvalue weighted by atomic mass is 16.5. The average molecular weight is 201 g/mol. The normalized spacial score (nSPS) is 16.9. The molecule has 14 heavy (non-hydrogen) atoms. The molecule has 0 heterocycles. The molecule has 0 aliphatic rings. The third kappa shape index (κ3) is 5.72. The number of rotatable bonds is 6. The van der Waals surface area contributed by atoms with Gasteiger partial charge in [-0.25, -0.2) is 4.79 Å². The van der Waals surface area contributed by atoms with Gasteiger partial charge in [-0.2, -0.15) is 0 Å². The Bertz CT molecular complexity index is 202. The summed E-state index contributed by atoms with van der Waals surface area (Å²) in [5, 5.41) is 9.47. The van der Waals surface area contributed by atoms with Gasteiger partial charge in [0.15, 0.2) is 0 Å². The van der Waals surface area contributed by atoms with Crippen LogP contribution in [0.15, 0.2) is 12.7 Å². The van der Waals surface area contributed by atoms with E-state index in [9.17, 15) is 9.90 Å². The monoisotopic (exact) mass is 201 g/mol. The van der Waals surface area contributed by atoms with Crippen molar-refractivity contribution in [3.8, 4) is 0 Å². The maximum Gasteiger partial charge on any atom is 0.330 e. The molecule has 3 N–H and O–H groups in total. The quantitative estimate of drug-likeness (QED) is 0.487. The molecule has 0 aromatic carbocycles. The third-order valence-electron chi connectivity index (χ3n) is 2.09. The third-order valence-corrected chi connectivity index (χ3v) is 2.09. The summed E-state index contributed by atoms with van der Waals surface area (Å²) in [5.74, 6) is -0.528. The number of aliphatic hydroxyl groups is 1. The van der Waals surface area contributed by atoms with Crippen molar-refractivity contribution in [2.24, 2.45) is 5.73 Å². The van der Waals surface area contributed by atoms with Crippen molar-refractivity contribution in [2.75, 3.05) is 6.61 Å². The van der Waals surface area contributed by atoms with Crippen molar-refractivity contribution < 1.29 is 14.6 Å². The van der Waals surface area contributed by atoms with Crippen molar-refractivity contribution in [2.45, 2.75) is 38.3 Å². The summed E-state index contributed by atoms with van der Waals surface area (Å²) in [5.41, 5.74) is 5.42. The second-order valence-corrected chi connectivity index (χ2v) is 3.70. The van der Waals surface area contributed by atoms with E-state index in [0.29, 0.717) is 6.42 Å². The molecule has 0 aromatic heterocycles. The predicted octanol–water partition coefficient (Wildman–Crippen LogP) is 0.594. The van der Waals surface area contributed by atoms with Crippen LogP contribution < -0.4 is 5.73 Å². The van der Waals surface area contributed by atoms with Crippen molar-refractivity contribution in [3.63, 3.8) is 0 Å². The van der Waals surface area contributed by atoms with Crippen LogP contribution in [-0.4, -0.2) is 29.3 Å². The number of hydrogen-bond acceptors (Lipinski definition) is 4. The minimum atomic E-state index is -0.714. The maximum absolute atomic E-state index is 10.7. The molecule has 0 radical (unpaired) electrons. The molecule has 0 aliphatic carbocycles. The summed E-state index contributed by atoms with van der Waals surface area (Å²) in [7, 11) is 0. The minimum absolute atomic E-state index is 0.0301. The van der Waals surface area contributed by atoms with Gasteiger partial charge in [-0.05, 0) is 19.8 Å². The van der Waals surface area contributed by atoms with E-state index in [1.807, 2.05) is 13.8 Å². The molecule has 0 aliphatic heterocycles. The predicted molar refractivity (Wildman–Crippen MR) is 54.7 cm³/mol. The van der Waals surface area contributed by atoms with E-state index in [0.717, 1.165) is 12.5 Å². The fourth-order valence-electron chi connectivity index (χ4n) is 0.979. The first-order valence-electron chi connectivity index (χ1n) is 4.67. The van der Waals surface area contributed by atoms with Gasteiger partial charge in [0, 0.05) is 11.6 Å². The second kappa shape index (κ2) is 5.78. The van der Waals surface area contributed by atoms with Crippen LogP contribution in [0.3, 0.4) is 0 Å². The van der Waals surface area contributed by atoms with Crippen molar-refractivity contribution in [1.82, 2.24) is 0 Å². The van der Waals surface area contributed by atoms with Crippen molar-refractivity contribution in [3.05, 3.63) is 12.7 Å². The lowest BCUT2D eigenvalue weighted by Crippen LogP contribution is -2.40. The highest BCUT2D eigenvalue weighted by Gasteiger charge is 2.21. The topological polar surface area (TPSA) is 72.5 Å². The van der Waals surface area contributed by atoms with E-state index in [1.165, 1.54) is 0 Å². The fourth-order valence-corrected chi connectivity index (χ4v) is 0.979. The van der Waals surface area contributed by atoms with E-state index < -0.39 is 17.6 Å². The van der Waals surface area contributed by atoms with Gasteiger partial charge in [-0.3, -0.25) is 0 Å². The molecule has 2 unspecified atom stereocenters. The summed E-state index contributed by atoms with van der Waals surface area (Å²) in [6.07, 6.45) is 1.52. The summed E-state index contributed by atoms with van der Waals surface area (Å²) in [6.45, 7) is 7.02. The van der Waals surface area contributed by atoms with Crippen LogP contribution in [0, 0.1) is 0 Å². The van der Waals surface area contributed by atoms with Gasteiger partial charge in [-0.1, -0.05) is 13.5 Å². The maximum atomic E-state index is 10.7. The molecule has 0 aromatic rings. The van der Waals surface area contributed by atoms with E-state index in [4.69, 9.17) is 5.73 Å². The van der Waals surface area contributed by atoms with Crippen LogP contribution in [-0.2, 0) is 9.53 Å². The van der Waals surface area contributed by atoms with Gasteiger partial charge in [0.05, 0.1) is 6.10 Å². The lowest BCUT2D eigenvalue weighted by Gasteiger charge is -2.25. The summed E-state index contributed by atoms with van der Waals surface area (Å²) >= 11 is 0. The first-order chi connectivity index (χ1) is 6.41. The van der Waals surface area contributed by atoms with Crippen LogP contribution in [0.1, 0.15) is 26.7 Å². The van der Waals surface area contributed by atoms with Crippen molar-refractivity contribution in [1.29, 1.82) is 0 Å². The number of hydrogen-bond donors (Lipinski definition) is 2. The molecule has 82 valence electrons. The Kier molecular flexibility index (Phi) is 5.42. The van der Waals surface area contributed by atoms with Gasteiger partial charge < -0.3 is 15.6 Å². The number of carbonyl (C=O) groups excluding carboxylic acids is 1. The van der Waals surface area contributed by atoms with Gasteiger partial charge in [0.25, 0.3) is 0 Å². The zero-order chi connectivity index (χ0) is 11.2. The molecule has 4 heteroatoms. The summed E-state index contributed by atoms with van der Waals surface area (Å²) in [4.78, 5) is 10.7. The SMILES string of the molecule is C=CC(=O)OCC(O)CC(C)(N)CC. The molecular weight excluding hydrogens is 182 g/mol. The number of carbonyl (C=O) groups is 1. The largest absolute Gasteiger partial charge is 0.460 e. The second-order valence-electron chi connectivity index (χ2n) is 3.70. The van der Waals surface area contributed by atoms with Crippen LogP contribution in [0.25, 0.3) is 0 Å². The molecule has 0 saturated carbocycles. The van der Waals surface area contributed by atoms with E-state index in [1.54, 1.807) is 0 Å². The molecule has 0 saturated heterocycles. The number of ether oxygens (including phenoxy) is 1. The zero-order valence-corrected chi connectivity index (χ0v) is 8.82. The molecule has 0 spiro atoms. The molecule has 0 rings (SSSR count). The number of esters is 1. The van der Waals surface area contributed by atoms with Gasteiger partial charge in [0.2, 0.25) is 0 Å². The minimum Gasteiger partial charge on any atom is -0.460 e. The average Bonchev–Trinajstić information content (AvgIpc) is 2.13. The Labute approximate surface area is 84.7 Å². The van der Waals surface area contributed by atoms with E-state index >= 15 is 0 Å². The smallest absolute Gasteiger partial charge is 0.330 e. The molecule has 0 fully saturated rings. The lowest BCUT2D eigenvalue weighted by atomic mass is 9.93. The van der Waals surface area contributed by atoms with E-state index in [2.05, 4.69) is 11.3 Å². The van der Waals surface area contributed by atoms with Crippen molar-refractivity contribution >= 4 is 5.97 Å². The van der Waals surface area contributed by atoms with Crippen LogP contribution >= 0.6 is 0 Å². The Hall–Kier alpha value is -0.870. The molecule has 4 nitrogen and oxygen atoms in total. The lowest BCUT2D eigenvalue weighted by molar-refractivity contribution is -0.141. The van der Waals surface area contributed by atoms with Gasteiger partial charge in [0.1, 0.15) is 6.61 Å². The van der Waals surface area contributed by atoms with Crippen LogP contribution in [0.2, 0.25) is 0 Å². The molecule has 0 bridgehead atoms. The van der Waals surface area contributed by atoms with E-state index in [-0.39, 0.29) is 6.61 Å². The Morgan fingerprint density at radius 1 is 1.79 bits per heavy atom. The Morgan fingerprint density at radius 3 is 2.79 bits per heavy atom. The zero-order valence-electron chi connectivity index (χ0n) is 8.82. The first-order valence-corrected chi connectivity index (χ1v) is 4.67. The standard InChI is InChI=1S/C10H19NO3/c1-4-9(13)14-7-8(12)6-10(3,11)5-2/h4,8,12H,1,5-7,11H2,2-3H3. The number of aliphatic hydroxyl groups excluding tert-OH is 1. The molecule has 0 amide bonds. The number of nitrogens with two attached hydrogens (primary N) is 1.